The first kappa shape index (κ1) is 20.3. The molecule has 4 rings (SSSR count). The van der Waals surface area contributed by atoms with Crippen molar-refractivity contribution in [1.29, 1.82) is 0 Å². The maximum atomic E-state index is 12.5. The Morgan fingerprint density at radius 2 is 1.89 bits per heavy atom. The van der Waals surface area contributed by atoms with Gasteiger partial charge in [-0.2, -0.15) is 8.42 Å². The minimum atomic E-state index is -3.77. The van der Waals surface area contributed by atoms with E-state index >= 15 is 0 Å². The van der Waals surface area contributed by atoms with Gasteiger partial charge in [-0.05, 0) is 62.5 Å². The zero-order valence-corrected chi connectivity index (χ0v) is 17.6. The maximum Gasteiger partial charge on any atom is 0.297 e. The van der Waals surface area contributed by atoms with Crippen LogP contribution in [0.25, 0.3) is 0 Å². The number of aryl methyl sites for hydroxylation is 1. The fourth-order valence-electron chi connectivity index (χ4n) is 4.81. The van der Waals surface area contributed by atoms with Crippen LogP contribution in [0, 0.1) is 23.7 Å². The second-order valence-electron chi connectivity index (χ2n) is 8.87. The molecular weight excluding hydrogens is 360 g/mol. The number of benzene rings is 1. The van der Waals surface area contributed by atoms with Crippen LogP contribution in [-0.2, 0) is 19.1 Å². The fraction of sp³-hybridized carbons (Fsp3) is 0.591. The van der Waals surface area contributed by atoms with E-state index in [4.69, 9.17) is 4.18 Å². The molecule has 3 aliphatic carbocycles. The number of allylic oxidation sites excluding steroid dienone is 1. The quantitative estimate of drug-likeness (QED) is 0.516. The predicted molar refractivity (Wildman–Crippen MR) is 106 cm³/mol. The summed E-state index contributed by atoms with van der Waals surface area (Å²) in [5, 5.41) is 0. The highest BCUT2D eigenvalue weighted by molar-refractivity contribution is 7.86. The van der Waals surface area contributed by atoms with Crippen LogP contribution in [0.5, 0.6) is 0 Å². The number of rotatable bonds is 6. The molecule has 0 unspecified atom stereocenters. The van der Waals surface area contributed by atoms with E-state index in [0.29, 0.717) is 18.6 Å². The summed E-state index contributed by atoms with van der Waals surface area (Å²) >= 11 is 0. The standard InChI is InChI=1S/C22H30O4S/c1-15-6-8-18(9-7-15)27(24,25)26-16(2)10-13-22(5)17(3)19-11-12-21(22,4)14-20(19)23/h6-9,16,19H,3,10-14H2,1-2,4-5H3/t16-,19-,21-,22-/m0/s1. The molecule has 2 bridgehead atoms. The Hall–Kier alpha value is -1.46. The van der Waals surface area contributed by atoms with E-state index < -0.39 is 16.2 Å². The summed E-state index contributed by atoms with van der Waals surface area (Å²) in [5.41, 5.74) is 1.78. The van der Waals surface area contributed by atoms with Crippen molar-refractivity contribution >= 4 is 15.9 Å². The molecule has 4 atom stereocenters. The molecule has 0 aromatic heterocycles. The lowest BCUT2D eigenvalue weighted by Gasteiger charge is -2.58. The van der Waals surface area contributed by atoms with Crippen molar-refractivity contribution < 1.29 is 17.4 Å². The van der Waals surface area contributed by atoms with Crippen LogP contribution in [0.1, 0.15) is 58.4 Å². The summed E-state index contributed by atoms with van der Waals surface area (Å²) in [6, 6.07) is 6.69. The van der Waals surface area contributed by atoms with Gasteiger partial charge in [0.1, 0.15) is 5.78 Å². The van der Waals surface area contributed by atoms with Crippen molar-refractivity contribution in [2.75, 3.05) is 0 Å². The molecule has 148 valence electrons. The van der Waals surface area contributed by atoms with E-state index in [1.807, 2.05) is 6.92 Å². The molecule has 0 spiro atoms. The first-order valence-corrected chi connectivity index (χ1v) is 11.1. The smallest absolute Gasteiger partial charge is 0.297 e. The first-order chi connectivity index (χ1) is 12.5. The maximum absolute atomic E-state index is 12.5. The number of carbonyl (C=O) groups is 1. The summed E-state index contributed by atoms with van der Waals surface area (Å²) in [4.78, 5) is 12.5. The lowest BCUT2D eigenvalue weighted by atomic mass is 9.45. The normalized spacial score (nSPS) is 31.9. The van der Waals surface area contributed by atoms with Gasteiger partial charge in [-0.25, -0.2) is 0 Å². The van der Waals surface area contributed by atoms with Crippen molar-refractivity contribution in [3.05, 3.63) is 42.0 Å². The lowest BCUT2D eigenvalue weighted by Crippen LogP contribution is -2.53. The van der Waals surface area contributed by atoms with Gasteiger partial charge in [0.15, 0.2) is 0 Å². The molecule has 3 aliphatic rings. The molecule has 3 fully saturated rings. The second-order valence-corrected chi connectivity index (χ2v) is 10.4. The van der Waals surface area contributed by atoms with E-state index in [1.54, 1.807) is 31.2 Å². The van der Waals surface area contributed by atoms with Crippen molar-refractivity contribution in [3.8, 4) is 0 Å². The minimum Gasteiger partial charge on any atom is -0.299 e. The Balaban J connectivity index is 1.68. The summed E-state index contributed by atoms with van der Waals surface area (Å²) in [7, 11) is -3.77. The van der Waals surface area contributed by atoms with Gasteiger partial charge in [-0.3, -0.25) is 8.98 Å². The zero-order chi connectivity index (χ0) is 20.0. The van der Waals surface area contributed by atoms with Crippen LogP contribution in [0.4, 0.5) is 0 Å². The van der Waals surface area contributed by atoms with Crippen LogP contribution in [0.3, 0.4) is 0 Å². The third kappa shape index (κ3) is 3.52. The molecule has 5 heteroatoms. The monoisotopic (exact) mass is 390 g/mol. The number of fused-ring (bicyclic) bond motifs is 3. The SMILES string of the molecule is C=C1[C@@H]2CC[C@@](C)(CC2=O)[C@@]1(C)CC[C@H](C)OS(=O)(=O)c1ccc(C)cc1. The molecule has 0 saturated heterocycles. The number of hydrogen-bond acceptors (Lipinski definition) is 4. The number of Topliss-reactive ketones (excluding diaryl/α,β-unsaturated/α-hetero) is 1. The van der Waals surface area contributed by atoms with Crippen molar-refractivity contribution in [2.45, 2.75) is 70.8 Å². The molecule has 0 aliphatic heterocycles. The largest absolute Gasteiger partial charge is 0.299 e. The van der Waals surface area contributed by atoms with E-state index in [9.17, 15) is 13.2 Å². The van der Waals surface area contributed by atoms with Gasteiger partial charge >= 0.3 is 0 Å². The lowest BCUT2D eigenvalue weighted by molar-refractivity contribution is -0.137. The molecule has 4 nitrogen and oxygen atoms in total. The van der Waals surface area contributed by atoms with Gasteiger partial charge in [0.2, 0.25) is 0 Å². The second kappa shape index (κ2) is 6.85. The van der Waals surface area contributed by atoms with Gasteiger partial charge < -0.3 is 0 Å². The number of ketones is 1. The Morgan fingerprint density at radius 1 is 1.26 bits per heavy atom. The molecule has 0 N–H and O–H groups in total. The van der Waals surface area contributed by atoms with Crippen LogP contribution in [-0.4, -0.2) is 20.3 Å². The Morgan fingerprint density at radius 3 is 2.44 bits per heavy atom. The van der Waals surface area contributed by atoms with E-state index in [-0.39, 0.29) is 21.6 Å². The highest BCUT2D eigenvalue weighted by Gasteiger charge is 2.57. The van der Waals surface area contributed by atoms with Gasteiger partial charge in [0.25, 0.3) is 10.1 Å². The van der Waals surface area contributed by atoms with Crippen molar-refractivity contribution in [1.82, 2.24) is 0 Å². The summed E-state index contributed by atoms with van der Waals surface area (Å²) in [5.74, 6) is 0.293. The summed E-state index contributed by atoms with van der Waals surface area (Å²) < 4.78 is 30.4. The van der Waals surface area contributed by atoms with Gasteiger partial charge in [-0.1, -0.05) is 43.7 Å². The molecule has 3 saturated carbocycles. The number of hydrogen-bond donors (Lipinski definition) is 0. The van der Waals surface area contributed by atoms with Gasteiger partial charge in [-0.15, -0.1) is 0 Å². The molecule has 1 aromatic rings. The average molecular weight is 391 g/mol. The topological polar surface area (TPSA) is 60.4 Å². The highest BCUT2D eigenvalue weighted by atomic mass is 32.2. The van der Waals surface area contributed by atoms with Crippen molar-refractivity contribution in [2.24, 2.45) is 16.7 Å². The van der Waals surface area contributed by atoms with Gasteiger partial charge in [0, 0.05) is 12.3 Å². The third-order valence-electron chi connectivity index (χ3n) is 7.05. The van der Waals surface area contributed by atoms with Crippen LogP contribution in [0.2, 0.25) is 0 Å². The molecule has 1 aromatic carbocycles. The van der Waals surface area contributed by atoms with Crippen molar-refractivity contribution in [3.63, 3.8) is 0 Å². The van der Waals surface area contributed by atoms with Crippen LogP contribution in [0.15, 0.2) is 41.3 Å². The molecule has 27 heavy (non-hydrogen) atoms. The van der Waals surface area contributed by atoms with Crippen LogP contribution < -0.4 is 0 Å². The van der Waals surface area contributed by atoms with Crippen LogP contribution >= 0.6 is 0 Å². The average Bonchev–Trinajstić information content (AvgIpc) is 2.58. The third-order valence-corrected chi connectivity index (χ3v) is 8.48. The predicted octanol–water partition coefficient (Wildman–Crippen LogP) is 4.82. The molecule has 0 radical (unpaired) electrons. The highest BCUT2D eigenvalue weighted by Crippen LogP contribution is 2.63. The minimum absolute atomic E-state index is 0.0238. The summed E-state index contributed by atoms with van der Waals surface area (Å²) in [6.07, 6.45) is 3.48. The fourth-order valence-corrected chi connectivity index (χ4v) is 5.92. The van der Waals surface area contributed by atoms with Gasteiger partial charge in [0.05, 0.1) is 11.0 Å². The Bertz CT molecular complexity index is 855. The van der Waals surface area contributed by atoms with E-state index in [0.717, 1.165) is 30.4 Å². The molecule has 0 heterocycles. The van der Waals surface area contributed by atoms with E-state index in [1.165, 1.54) is 0 Å². The zero-order valence-electron chi connectivity index (χ0n) is 16.7. The Labute approximate surface area is 163 Å². The molecule has 0 amide bonds. The Kier molecular flexibility index (Phi) is 5.15. The first-order valence-electron chi connectivity index (χ1n) is 9.70. The van der Waals surface area contributed by atoms with E-state index in [2.05, 4.69) is 20.4 Å². The summed E-state index contributed by atoms with van der Waals surface area (Å²) in [6.45, 7) is 12.4. The number of carbonyl (C=O) groups excluding carboxylic acids is 1. The molecular formula is C22H30O4S.